The number of hydrogen-bond donors (Lipinski definition) is 2. The highest BCUT2D eigenvalue weighted by atomic mass is 32.2. The number of carboxylic acid groups (broad SMARTS) is 1. The van der Waals surface area contributed by atoms with Crippen LogP contribution in [-0.2, 0) is 21.4 Å². The lowest BCUT2D eigenvalue weighted by atomic mass is 10.00. The predicted molar refractivity (Wildman–Crippen MR) is 117 cm³/mol. The van der Waals surface area contributed by atoms with Gasteiger partial charge in [0.25, 0.3) is 0 Å². The van der Waals surface area contributed by atoms with Crippen molar-refractivity contribution in [3.05, 3.63) is 77.4 Å². The van der Waals surface area contributed by atoms with Gasteiger partial charge in [-0.1, -0.05) is 6.07 Å². The van der Waals surface area contributed by atoms with Gasteiger partial charge >= 0.3 is 5.97 Å². The van der Waals surface area contributed by atoms with Crippen LogP contribution in [0.5, 0.6) is 11.5 Å². The molecular weight excluding hydrogens is 470 g/mol. The molecule has 3 aromatic rings. The number of nitriles is 1. The summed E-state index contributed by atoms with van der Waals surface area (Å²) in [6.45, 7) is -0.884. The van der Waals surface area contributed by atoms with E-state index in [9.17, 15) is 22.0 Å². The van der Waals surface area contributed by atoms with Crippen molar-refractivity contribution in [2.24, 2.45) is 0 Å². The Kier molecular flexibility index (Phi) is 7.45. The molecule has 34 heavy (non-hydrogen) atoms. The number of ether oxygens (including phenoxy) is 2. The molecule has 0 saturated carbocycles. The predicted octanol–water partition coefficient (Wildman–Crippen LogP) is 3.45. The Bertz CT molecular complexity index is 1390. The first kappa shape index (κ1) is 24.6. The van der Waals surface area contributed by atoms with Gasteiger partial charge in [-0.3, -0.25) is 0 Å². The summed E-state index contributed by atoms with van der Waals surface area (Å²) in [5, 5.41) is 18.0. The normalized spacial score (nSPS) is 11.0. The summed E-state index contributed by atoms with van der Waals surface area (Å²) in [6.07, 6.45) is 0. The molecule has 0 unspecified atom stereocenters. The van der Waals surface area contributed by atoms with E-state index in [1.807, 2.05) is 6.07 Å². The van der Waals surface area contributed by atoms with Crippen molar-refractivity contribution in [2.75, 3.05) is 13.7 Å². The Morgan fingerprint density at radius 3 is 2.47 bits per heavy atom. The number of sulfonamides is 1. The SMILES string of the molecule is COc1ccc(S(=O)(=O)NCc2ccc(OCC(=O)O)c(-c3cc(F)cc(C#N)c3)c2)cc1F. The molecule has 0 atom stereocenters. The molecule has 0 amide bonds. The van der Waals surface area contributed by atoms with E-state index in [4.69, 9.17) is 19.8 Å². The third-order valence-electron chi connectivity index (χ3n) is 4.63. The third kappa shape index (κ3) is 5.86. The highest BCUT2D eigenvalue weighted by molar-refractivity contribution is 7.89. The average Bonchev–Trinajstić information content (AvgIpc) is 2.81. The van der Waals surface area contributed by atoms with Crippen LogP contribution in [0.1, 0.15) is 11.1 Å². The molecule has 0 radical (unpaired) electrons. The molecule has 2 N–H and O–H groups in total. The summed E-state index contributed by atoms with van der Waals surface area (Å²) in [6, 6.07) is 13.0. The van der Waals surface area contributed by atoms with Crippen LogP contribution in [0.15, 0.2) is 59.5 Å². The number of methoxy groups -OCH3 is 1. The van der Waals surface area contributed by atoms with Gasteiger partial charge in [-0.2, -0.15) is 5.26 Å². The maximum absolute atomic E-state index is 14.0. The first-order valence-electron chi connectivity index (χ1n) is 9.64. The van der Waals surface area contributed by atoms with Gasteiger partial charge in [0.15, 0.2) is 18.2 Å². The van der Waals surface area contributed by atoms with Crippen LogP contribution in [0.3, 0.4) is 0 Å². The van der Waals surface area contributed by atoms with E-state index in [1.165, 1.54) is 43.5 Å². The van der Waals surface area contributed by atoms with Gasteiger partial charge in [0.1, 0.15) is 11.6 Å². The van der Waals surface area contributed by atoms with Crippen LogP contribution in [-0.4, -0.2) is 33.2 Å². The first-order chi connectivity index (χ1) is 16.1. The molecule has 0 aromatic heterocycles. The van der Waals surface area contributed by atoms with E-state index >= 15 is 0 Å². The zero-order valence-electron chi connectivity index (χ0n) is 17.7. The number of nitrogens with one attached hydrogen (secondary N) is 1. The van der Waals surface area contributed by atoms with Crippen molar-refractivity contribution in [1.82, 2.24) is 4.72 Å². The Balaban J connectivity index is 1.93. The van der Waals surface area contributed by atoms with Crippen molar-refractivity contribution < 1.29 is 36.6 Å². The van der Waals surface area contributed by atoms with Crippen molar-refractivity contribution >= 4 is 16.0 Å². The minimum atomic E-state index is -4.09. The standard InChI is InChI=1S/C23H18F2N2O6S/c1-32-22-5-3-18(10-20(22)25)34(30,31)27-12-14-2-4-21(33-13-23(28)29)19(8-14)16-6-15(11-26)7-17(24)9-16/h2-10,27H,12-13H2,1H3,(H,28,29). The van der Waals surface area contributed by atoms with E-state index in [2.05, 4.69) is 4.72 Å². The second kappa shape index (κ2) is 10.3. The molecule has 8 nitrogen and oxygen atoms in total. The molecule has 0 aliphatic heterocycles. The summed E-state index contributed by atoms with van der Waals surface area (Å²) in [5.74, 6) is -2.77. The van der Waals surface area contributed by atoms with Crippen LogP contribution in [0, 0.1) is 23.0 Å². The van der Waals surface area contributed by atoms with E-state index in [0.717, 1.165) is 18.2 Å². The smallest absolute Gasteiger partial charge is 0.341 e. The quantitative estimate of drug-likeness (QED) is 0.472. The minimum absolute atomic E-state index is 0.0341. The lowest BCUT2D eigenvalue weighted by Gasteiger charge is -2.14. The molecule has 0 spiro atoms. The largest absolute Gasteiger partial charge is 0.494 e. The molecule has 0 aliphatic carbocycles. The first-order valence-corrected chi connectivity index (χ1v) is 11.1. The summed E-state index contributed by atoms with van der Waals surface area (Å²) in [7, 11) is -2.84. The number of halogens is 2. The molecular formula is C23H18F2N2O6S. The average molecular weight is 488 g/mol. The van der Waals surface area contributed by atoms with Crippen molar-refractivity contribution in [3.63, 3.8) is 0 Å². The monoisotopic (exact) mass is 488 g/mol. The highest BCUT2D eigenvalue weighted by Crippen LogP contribution is 2.32. The van der Waals surface area contributed by atoms with Crippen LogP contribution in [0.4, 0.5) is 8.78 Å². The summed E-state index contributed by atoms with van der Waals surface area (Å²) < 4.78 is 65.5. The van der Waals surface area contributed by atoms with Gasteiger partial charge in [0, 0.05) is 12.1 Å². The van der Waals surface area contributed by atoms with Gasteiger partial charge in [0.05, 0.1) is 23.6 Å². The summed E-state index contributed by atoms with van der Waals surface area (Å²) in [5.41, 5.74) is 0.938. The molecule has 0 bridgehead atoms. The topological polar surface area (TPSA) is 126 Å². The second-order valence-corrected chi connectivity index (χ2v) is 8.74. The molecule has 3 rings (SSSR count). The van der Waals surface area contributed by atoms with Gasteiger partial charge in [-0.15, -0.1) is 0 Å². The number of rotatable bonds is 9. The fourth-order valence-corrected chi connectivity index (χ4v) is 4.09. The van der Waals surface area contributed by atoms with E-state index in [-0.39, 0.29) is 39.6 Å². The van der Waals surface area contributed by atoms with Gasteiger partial charge < -0.3 is 14.6 Å². The van der Waals surface area contributed by atoms with Gasteiger partial charge in [-0.05, 0) is 59.7 Å². The maximum Gasteiger partial charge on any atom is 0.341 e. The molecule has 3 aromatic carbocycles. The highest BCUT2D eigenvalue weighted by Gasteiger charge is 2.18. The molecule has 0 saturated heterocycles. The van der Waals surface area contributed by atoms with E-state index in [1.54, 1.807) is 0 Å². The van der Waals surface area contributed by atoms with Crippen molar-refractivity contribution in [3.8, 4) is 28.7 Å². The summed E-state index contributed by atoms with van der Waals surface area (Å²) in [4.78, 5) is 10.6. The Morgan fingerprint density at radius 1 is 1.09 bits per heavy atom. The Hall–Kier alpha value is -4.01. The molecule has 0 fully saturated rings. The molecule has 0 heterocycles. The number of carboxylic acids is 1. The lowest BCUT2D eigenvalue weighted by molar-refractivity contribution is -0.139. The number of aliphatic carboxylic acids is 1. The fourth-order valence-electron chi connectivity index (χ4n) is 3.06. The van der Waals surface area contributed by atoms with Gasteiger partial charge in [0.2, 0.25) is 10.0 Å². The maximum atomic E-state index is 14.0. The Morgan fingerprint density at radius 2 is 1.82 bits per heavy atom. The third-order valence-corrected chi connectivity index (χ3v) is 6.03. The van der Waals surface area contributed by atoms with Crippen molar-refractivity contribution in [1.29, 1.82) is 5.26 Å². The number of benzene rings is 3. The minimum Gasteiger partial charge on any atom is -0.494 e. The zero-order chi connectivity index (χ0) is 24.9. The number of hydrogen-bond acceptors (Lipinski definition) is 6. The van der Waals surface area contributed by atoms with E-state index < -0.39 is 34.2 Å². The van der Waals surface area contributed by atoms with Crippen LogP contribution in [0.25, 0.3) is 11.1 Å². The number of nitrogens with zero attached hydrogens (tertiary/aromatic N) is 1. The van der Waals surface area contributed by atoms with Crippen LogP contribution >= 0.6 is 0 Å². The number of carbonyl (C=O) groups is 1. The van der Waals surface area contributed by atoms with Crippen LogP contribution in [0.2, 0.25) is 0 Å². The molecule has 11 heteroatoms. The van der Waals surface area contributed by atoms with Gasteiger partial charge in [-0.25, -0.2) is 26.7 Å². The van der Waals surface area contributed by atoms with Crippen molar-refractivity contribution in [2.45, 2.75) is 11.4 Å². The van der Waals surface area contributed by atoms with E-state index in [0.29, 0.717) is 5.56 Å². The molecule has 176 valence electrons. The lowest BCUT2D eigenvalue weighted by Crippen LogP contribution is -2.23. The summed E-state index contributed by atoms with van der Waals surface area (Å²) >= 11 is 0. The van der Waals surface area contributed by atoms with Crippen LogP contribution < -0.4 is 14.2 Å². The second-order valence-electron chi connectivity index (χ2n) is 6.97. The fraction of sp³-hybridized carbons (Fsp3) is 0.130. The molecule has 0 aliphatic rings. The Labute approximate surface area is 194 Å². The zero-order valence-corrected chi connectivity index (χ0v) is 18.5.